The van der Waals surface area contributed by atoms with E-state index in [0.717, 1.165) is 25.7 Å². The van der Waals surface area contributed by atoms with Crippen LogP contribution in [0.4, 0.5) is 0 Å². The number of carbonyl (C=O) groups is 4. The molecule has 0 aromatic rings. The smallest absolute Gasteiger partial charge is 0.854 e. The zero-order valence-electron chi connectivity index (χ0n) is 21.7. The predicted molar refractivity (Wildman–Crippen MR) is 124 cm³/mol. The van der Waals surface area contributed by atoms with E-state index in [1.54, 1.807) is 7.11 Å². The molecule has 0 heterocycles. The van der Waals surface area contributed by atoms with Gasteiger partial charge in [-0.05, 0) is 12.8 Å². The first-order chi connectivity index (χ1) is 15.6. The van der Waals surface area contributed by atoms with Crippen molar-refractivity contribution in [2.24, 2.45) is 0 Å². The van der Waals surface area contributed by atoms with E-state index in [2.05, 4.69) is 6.58 Å². The molecule has 0 aliphatic carbocycles. The molecule has 0 bridgehead atoms. The van der Waals surface area contributed by atoms with Gasteiger partial charge in [0, 0.05) is 44.7 Å². The third kappa shape index (κ3) is 77.4. The van der Waals surface area contributed by atoms with Gasteiger partial charge < -0.3 is 34.4 Å². The zero-order valence-corrected chi connectivity index (χ0v) is 24.6. The molecule has 0 amide bonds. The fraction of sp³-hybridized carbons (Fsp3) is 0.739. The molecule has 0 spiro atoms. The van der Waals surface area contributed by atoms with Crippen LogP contribution in [0.1, 0.15) is 91.9 Å². The third-order valence-electron chi connectivity index (χ3n) is 3.02. The van der Waals surface area contributed by atoms with Gasteiger partial charge in [-0.15, -0.1) is 19.8 Å². The van der Waals surface area contributed by atoms with Crippen LogP contribution in [0.25, 0.3) is 0 Å². The van der Waals surface area contributed by atoms with Crippen LogP contribution in [0.2, 0.25) is 0 Å². The molecule has 198 valence electrons. The van der Waals surface area contributed by atoms with Crippen LogP contribution < -0.4 is 20.4 Å². The molecule has 0 rings (SSSR count). The molecular formula is C23H44O9SiTi. The quantitative estimate of drug-likeness (QED) is 0.201. The van der Waals surface area contributed by atoms with Gasteiger partial charge in [0.2, 0.25) is 0 Å². The molecule has 0 fully saturated rings. The summed E-state index contributed by atoms with van der Waals surface area (Å²) in [6.07, 6.45) is 4.94. The maximum Gasteiger partial charge on any atom is 4.00 e. The van der Waals surface area contributed by atoms with Crippen LogP contribution >= 0.6 is 0 Å². The first-order valence-corrected chi connectivity index (χ1v) is 12.7. The Kier molecular flexibility index (Phi) is 61.6. The number of unbranched alkanes of at least 4 members (excludes halogenated alkanes) is 2. The Labute approximate surface area is 223 Å². The van der Waals surface area contributed by atoms with Gasteiger partial charge in [-0.1, -0.05) is 59.1 Å². The van der Waals surface area contributed by atoms with Crippen LogP contribution in [-0.2, 0) is 45.3 Å². The summed E-state index contributed by atoms with van der Waals surface area (Å²) in [5.74, 6) is -3.07. The van der Waals surface area contributed by atoms with Crippen molar-refractivity contribution in [2.45, 2.75) is 91.9 Å². The number of carbonyl (C=O) groups excluding carboxylic acids is 4. The number of Topliss-reactive ketones (excluding diaryl/α,β-unsaturated/α-hetero) is 2. The Balaban J connectivity index is -0.0000000738. The first kappa shape index (κ1) is 46.2. The number of hydrogen-bond donors (Lipinski definition) is 0. The number of carboxylic acid groups (broad SMARTS) is 2. The third-order valence-corrected chi connectivity index (χ3v) is 3.59. The average molecular weight is 541 g/mol. The monoisotopic (exact) mass is 540 g/mol. The van der Waals surface area contributed by atoms with Crippen molar-refractivity contribution in [1.29, 1.82) is 0 Å². The van der Waals surface area contributed by atoms with Crippen LogP contribution in [0.3, 0.4) is 0 Å². The van der Waals surface area contributed by atoms with Gasteiger partial charge in [0.1, 0.15) is 11.6 Å². The van der Waals surface area contributed by atoms with E-state index >= 15 is 0 Å². The van der Waals surface area contributed by atoms with Crippen molar-refractivity contribution in [3.8, 4) is 0 Å². The van der Waals surface area contributed by atoms with Crippen molar-refractivity contribution in [3.05, 3.63) is 12.3 Å². The number of ketones is 2. The minimum absolute atomic E-state index is 0. The molecule has 0 unspecified atom stereocenters. The summed E-state index contributed by atoms with van der Waals surface area (Å²) >= 11 is 0. The van der Waals surface area contributed by atoms with Crippen LogP contribution in [-0.4, -0.2) is 53.6 Å². The van der Waals surface area contributed by atoms with Gasteiger partial charge >= 0.3 is 21.7 Å². The van der Waals surface area contributed by atoms with Gasteiger partial charge in [-0.3, -0.25) is 9.59 Å². The Hall–Kier alpha value is -1.17. The van der Waals surface area contributed by atoms with E-state index in [1.165, 1.54) is 0 Å². The van der Waals surface area contributed by atoms with Crippen molar-refractivity contribution in [2.75, 3.05) is 20.3 Å². The Morgan fingerprint density at radius 3 is 1.18 bits per heavy atom. The van der Waals surface area contributed by atoms with E-state index in [4.69, 9.17) is 4.43 Å². The van der Waals surface area contributed by atoms with E-state index < -0.39 is 24.8 Å². The molecule has 0 aliphatic rings. The van der Waals surface area contributed by atoms with Crippen molar-refractivity contribution < 1.29 is 65.7 Å². The Bertz CT molecular complexity index is 422. The summed E-state index contributed by atoms with van der Waals surface area (Å²) in [7, 11) is 1.40. The molecule has 0 radical (unpaired) electrons. The van der Waals surface area contributed by atoms with Gasteiger partial charge in [0.15, 0.2) is 9.76 Å². The number of aliphatic carboxylic acids is 2. The van der Waals surface area contributed by atoms with Crippen molar-refractivity contribution in [1.82, 2.24) is 0 Å². The molecule has 0 saturated carbocycles. The number of carboxylic acids is 2. The maximum absolute atomic E-state index is 10.4. The average Bonchev–Trinajstić information content (AvgIpc) is 2.71. The molecule has 0 N–H and O–H groups in total. The summed E-state index contributed by atoms with van der Waals surface area (Å²) in [6.45, 7) is 11.4. The van der Waals surface area contributed by atoms with Crippen LogP contribution in [0.15, 0.2) is 12.3 Å². The van der Waals surface area contributed by atoms with Crippen molar-refractivity contribution in [3.63, 3.8) is 0 Å². The van der Waals surface area contributed by atoms with E-state index in [1.807, 2.05) is 33.4 Å². The minimum atomic E-state index is -1.28. The van der Waals surface area contributed by atoms with Gasteiger partial charge in [0.05, 0.1) is 0 Å². The summed E-state index contributed by atoms with van der Waals surface area (Å²) in [5.41, 5.74) is 1.85. The topological polar surface area (TPSA) is 170 Å². The number of rotatable bonds is 14. The summed E-state index contributed by atoms with van der Waals surface area (Å²) in [6, 6.07) is 0. The predicted octanol–water partition coefficient (Wildman–Crippen LogP) is -0.858. The van der Waals surface area contributed by atoms with Gasteiger partial charge in [0.25, 0.3) is 0 Å². The van der Waals surface area contributed by atoms with E-state index in [9.17, 15) is 39.6 Å². The summed E-state index contributed by atoms with van der Waals surface area (Å²) < 4.78 is 4.71. The second kappa shape index (κ2) is 45.3. The molecule has 0 aromatic heterocycles. The molecule has 9 nitrogen and oxygen atoms in total. The van der Waals surface area contributed by atoms with Gasteiger partial charge in [-0.25, -0.2) is 0 Å². The van der Waals surface area contributed by atoms with E-state index in [0.29, 0.717) is 25.7 Å². The largest absolute Gasteiger partial charge is 4.00 e. The molecule has 0 aliphatic heterocycles. The molecule has 0 aromatic carbocycles. The normalized spacial score (nSPS) is 8.68. The fourth-order valence-corrected chi connectivity index (χ4v) is 1.70. The molecule has 0 saturated heterocycles. The summed E-state index contributed by atoms with van der Waals surface area (Å²) in [5, 5.41) is 38.6. The Morgan fingerprint density at radius 2 is 1.09 bits per heavy atom. The molecular weight excluding hydrogens is 496 g/mol. The zero-order chi connectivity index (χ0) is 26.9. The van der Waals surface area contributed by atoms with Crippen LogP contribution in [0, 0.1) is 0 Å². The second-order valence-corrected chi connectivity index (χ2v) is 8.02. The molecule has 11 heteroatoms. The van der Waals surface area contributed by atoms with Gasteiger partial charge in [-0.2, -0.15) is 0 Å². The maximum atomic E-state index is 10.4. The van der Waals surface area contributed by atoms with Crippen LogP contribution in [0.5, 0.6) is 0 Å². The SMILES string of the molecule is C=C[SiH2]OC.CCCC(=O)CC(=O)[O-].CCCC(=O)CC(=O)[O-].CCCC[O-].CCCC[O-].[Ti+4]. The fourth-order valence-electron chi connectivity index (χ4n) is 1.46. The summed E-state index contributed by atoms with van der Waals surface area (Å²) in [4.78, 5) is 40.4. The molecule has 34 heavy (non-hydrogen) atoms. The minimum Gasteiger partial charge on any atom is -0.854 e. The first-order valence-electron chi connectivity index (χ1n) is 11.3. The Morgan fingerprint density at radius 1 is 0.765 bits per heavy atom. The van der Waals surface area contributed by atoms with E-state index in [-0.39, 0.29) is 56.3 Å². The standard InChI is InChI=1S/2C6H10O3.2C4H9O.C3H8OSi.Ti/c2*1-2-3-5(7)4-6(8)9;2*1-2-3-4-5;1-3-5-4-2;/h2*2-4H2,1H3,(H,8,9);2*2-4H2,1H3;3H,1,5H2,2H3;/q;;2*-1;;+4/p-2. The number of hydrogen-bond acceptors (Lipinski definition) is 9. The van der Waals surface area contributed by atoms with Crippen molar-refractivity contribution >= 4 is 33.3 Å². The second-order valence-electron chi connectivity index (χ2n) is 6.53. The molecule has 0 atom stereocenters.